The van der Waals surface area contributed by atoms with Gasteiger partial charge in [-0.15, -0.1) is 0 Å². The molecule has 4 aromatic carbocycles. The number of hydrogen-bond acceptors (Lipinski definition) is 2. The zero-order valence-corrected chi connectivity index (χ0v) is 22.2. The summed E-state index contributed by atoms with van der Waals surface area (Å²) >= 11 is 0. The molecule has 2 aromatic heterocycles. The van der Waals surface area contributed by atoms with E-state index in [1.54, 1.807) is 0 Å². The van der Waals surface area contributed by atoms with Crippen LogP contribution in [-0.2, 0) is 11.8 Å². The van der Waals surface area contributed by atoms with Gasteiger partial charge in [-0.3, -0.25) is 0 Å². The Morgan fingerprint density at radius 2 is 1.45 bits per heavy atom. The van der Waals surface area contributed by atoms with Crippen LogP contribution in [0.1, 0.15) is 40.8 Å². The summed E-state index contributed by atoms with van der Waals surface area (Å²) in [5, 5.41) is 6.35. The van der Waals surface area contributed by atoms with E-state index in [1.807, 2.05) is 12.3 Å². The molecule has 0 unspecified atom stereocenters. The molecule has 8 rings (SSSR count). The van der Waals surface area contributed by atoms with E-state index in [1.165, 1.54) is 49.0 Å². The van der Waals surface area contributed by atoms with Gasteiger partial charge >= 0.3 is 0 Å². The molecule has 2 aliphatic rings. The molecule has 2 heterocycles. The fourth-order valence-electron chi connectivity index (χ4n) is 7.05. The van der Waals surface area contributed by atoms with Crippen LogP contribution in [0.15, 0.2) is 128 Å². The summed E-state index contributed by atoms with van der Waals surface area (Å²) in [4.78, 5) is 9.72. The van der Waals surface area contributed by atoms with Gasteiger partial charge in [-0.25, -0.2) is 9.97 Å². The first-order valence-corrected chi connectivity index (χ1v) is 14.1. The number of fused-ring (bicyclic) bond motifs is 6. The number of pyridine rings is 2. The second-order valence-corrected chi connectivity index (χ2v) is 10.9. The van der Waals surface area contributed by atoms with E-state index in [2.05, 4.69) is 126 Å². The predicted molar refractivity (Wildman–Crippen MR) is 165 cm³/mol. The molecule has 0 bridgehead atoms. The molecule has 6 aromatic rings. The van der Waals surface area contributed by atoms with Crippen LogP contribution < -0.4 is 10.4 Å². The third-order valence-corrected chi connectivity index (χ3v) is 8.89. The average Bonchev–Trinajstić information content (AvgIpc) is 3.04. The minimum Gasteiger partial charge on any atom is -0.237 e. The first kappa shape index (κ1) is 23.1. The van der Waals surface area contributed by atoms with Crippen molar-refractivity contribution in [1.82, 2.24) is 9.97 Å². The van der Waals surface area contributed by atoms with Crippen molar-refractivity contribution in [3.05, 3.63) is 166 Å². The van der Waals surface area contributed by atoms with Crippen molar-refractivity contribution in [3.63, 3.8) is 0 Å². The fraction of sp³-hybridized carbons (Fsp3) is 0.105. The average molecular weight is 513 g/mol. The first-order chi connectivity index (χ1) is 19.8. The van der Waals surface area contributed by atoms with Gasteiger partial charge in [0, 0.05) is 17.0 Å². The molecule has 0 atom stereocenters. The SMILES string of the molecule is C1=CCc2ccc3c4c(ccc3c2=C1)C(c1ccccc1)(c1ccccc1)CCC=4c1ccc2cccnc2n1. The molecule has 0 aliphatic heterocycles. The Kier molecular flexibility index (Phi) is 5.28. The summed E-state index contributed by atoms with van der Waals surface area (Å²) in [6.07, 6.45) is 11.4. The van der Waals surface area contributed by atoms with Crippen LogP contribution in [-0.4, -0.2) is 9.97 Å². The second kappa shape index (κ2) is 9.14. The number of allylic oxidation sites excluding steroid dienone is 2. The number of hydrogen-bond donors (Lipinski definition) is 0. The lowest BCUT2D eigenvalue weighted by Gasteiger charge is -2.40. The zero-order chi connectivity index (χ0) is 26.5. The summed E-state index contributed by atoms with van der Waals surface area (Å²) in [6, 6.07) is 40.0. The van der Waals surface area contributed by atoms with E-state index in [-0.39, 0.29) is 5.41 Å². The molecule has 2 heteroatoms. The van der Waals surface area contributed by atoms with Crippen molar-refractivity contribution in [1.29, 1.82) is 0 Å². The number of benzene rings is 4. The Labute approximate surface area is 233 Å². The standard InChI is InChI=1S/C38H28N2/c1-3-12-28(13-4-1)38(29-14-5-2-6-15-29)24-23-33(35-22-18-27-11-9-25-39-37(27)40-35)36-32-19-17-26-10-7-8-16-30(26)31(32)20-21-34(36)38/h1-9,11-22,25H,10,23-24H2. The van der Waals surface area contributed by atoms with Gasteiger partial charge < -0.3 is 0 Å². The van der Waals surface area contributed by atoms with Gasteiger partial charge in [0.2, 0.25) is 0 Å². The van der Waals surface area contributed by atoms with Gasteiger partial charge in [-0.05, 0) is 92.6 Å². The molecule has 0 radical (unpaired) electrons. The summed E-state index contributed by atoms with van der Waals surface area (Å²) in [6.45, 7) is 0. The summed E-state index contributed by atoms with van der Waals surface area (Å²) < 4.78 is 0. The molecule has 2 aliphatic carbocycles. The lowest BCUT2D eigenvalue weighted by Crippen LogP contribution is -2.39. The summed E-state index contributed by atoms with van der Waals surface area (Å²) in [5.41, 5.74) is 8.28. The molecular weight excluding hydrogens is 484 g/mol. The van der Waals surface area contributed by atoms with Crippen LogP contribution in [0.5, 0.6) is 0 Å². The predicted octanol–water partition coefficient (Wildman–Crippen LogP) is 7.00. The molecule has 0 N–H and O–H groups in total. The van der Waals surface area contributed by atoms with E-state index in [9.17, 15) is 0 Å². The zero-order valence-electron chi connectivity index (χ0n) is 22.2. The van der Waals surface area contributed by atoms with Crippen molar-refractivity contribution in [3.8, 4) is 0 Å². The quantitative estimate of drug-likeness (QED) is 0.255. The molecule has 0 spiro atoms. The maximum Gasteiger partial charge on any atom is 0.159 e. The van der Waals surface area contributed by atoms with Gasteiger partial charge in [-0.2, -0.15) is 0 Å². The third kappa shape index (κ3) is 3.42. The fourth-order valence-corrected chi connectivity index (χ4v) is 7.05. The molecule has 0 fully saturated rings. The van der Waals surface area contributed by atoms with Gasteiger partial charge in [0.1, 0.15) is 0 Å². The molecule has 0 amide bonds. The van der Waals surface area contributed by atoms with E-state index in [4.69, 9.17) is 4.98 Å². The highest BCUT2D eigenvalue weighted by Gasteiger charge is 2.40. The Hall–Kier alpha value is -4.82. The molecular formula is C38H28N2. The summed E-state index contributed by atoms with van der Waals surface area (Å²) in [5.74, 6) is 0. The Morgan fingerprint density at radius 3 is 2.25 bits per heavy atom. The van der Waals surface area contributed by atoms with E-state index in [0.717, 1.165) is 36.0 Å². The van der Waals surface area contributed by atoms with Crippen molar-refractivity contribution in [2.24, 2.45) is 0 Å². The lowest BCUT2D eigenvalue weighted by atomic mass is 9.62. The minimum absolute atomic E-state index is 0.260. The van der Waals surface area contributed by atoms with Crippen LogP contribution in [0.3, 0.4) is 0 Å². The van der Waals surface area contributed by atoms with Gasteiger partial charge in [0.15, 0.2) is 5.65 Å². The smallest absolute Gasteiger partial charge is 0.159 e. The van der Waals surface area contributed by atoms with E-state index in [0.29, 0.717) is 0 Å². The molecule has 0 saturated carbocycles. The third-order valence-electron chi connectivity index (χ3n) is 8.89. The maximum atomic E-state index is 5.12. The topological polar surface area (TPSA) is 25.8 Å². The highest BCUT2D eigenvalue weighted by Crippen LogP contribution is 2.46. The van der Waals surface area contributed by atoms with Crippen molar-refractivity contribution in [2.75, 3.05) is 0 Å². The van der Waals surface area contributed by atoms with Gasteiger partial charge in [0.25, 0.3) is 0 Å². The van der Waals surface area contributed by atoms with Crippen LogP contribution in [0, 0.1) is 0 Å². The lowest BCUT2D eigenvalue weighted by molar-refractivity contribution is 0.554. The highest BCUT2D eigenvalue weighted by atomic mass is 14.8. The Balaban J connectivity index is 1.55. The van der Waals surface area contributed by atoms with Crippen LogP contribution in [0.2, 0.25) is 0 Å². The largest absolute Gasteiger partial charge is 0.237 e. The number of nitrogens with zero attached hydrogens (tertiary/aromatic N) is 2. The highest BCUT2D eigenvalue weighted by molar-refractivity contribution is 5.91. The Bertz CT molecular complexity index is 2030. The van der Waals surface area contributed by atoms with Crippen LogP contribution in [0.25, 0.3) is 33.5 Å². The first-order valence-electron chi connectivity index (χ1n) is 14.1. The van der Waals surface area contributed by atoms with Crippen LogP contribution in [0.4, 0.5) is 0 Å². The van der Waals surface area contributed by atoms with Gasteiger partial charge in [-0.1, -0.05) is 103 Å². The van der Waals surface area contributed by atoms with E-state index < -0.39 is 0 Å². The van der Waals surface area contributed by atoms with Crippen molar-refractivity contribution in [2.45, 2.75) is 24.7 Å². The second-order valence-electron chi connectivity index (χ2n) is 10.9. The minimum atomic E-state index is -0.260. The molecule has 40 heavy (non-hydrogen) atoms. The summed E-state index contributed by atoms with van der Waals surface area (Å²) in [7, 11) is 0. The van der Waals surface area contributed by atoms with E-state index >= 15 is 0 Å². The van der Waals surface area contributed by atoms with Crippen LogP contribution >= 0.6 is 0 Å². The Morgan fingerprint density at radius 1 is 0.675 bits per heavy atom. The maximum absolute atomic E-state index is 5.12. The number of aromatic nitrogens is 2. The van der Waals surface area contributed by atoms with Crippen molar-refractivity contribution < 1.29 is 0 Å². The monoisotopic (exact) mass is 512 g/mol. The molecule has 2 nitrogen and oxygen atoms in total. The number of rotatable bonds is 3. The van der Waals surface area contributed by atoms with Gasteiger partial charge in [0.05, 0.1) is 5.69 Å². The molecule has 190 valence electrons. The normalized spacial score (nSPS) is 15.4. The molecule has 0 saturated heterocycles. The van der Waals surface area contributed by atoms with Crippen molar-refractivity contribution >= 4 is 33.5 Å².